The molecule has 0 atom stereocenters. The van der Waals surface area contributed by atoms with E-state index in [1.807, 2.05) is 43.3 Å². The van der Waals surface area contributed by atoms with Crippen LogP contribution in [0.5, 0.6) is 11.6 Å². The van der Waals surface area contributed by atoms with Gasteiger partial charge in [0, 0.05) is 11.3 Å². The minimum absolute atomic E-state index is 0.592. The normalized spacial score (nSPS) is 10.4. The van der Waals surface area contributed by atoms with Gasteiger partial charge in [0.2, 0.25) is 5.88 Å². The lowest BCUT2D eigenvalue weighted by molar-refractivity contribution is 0.455. The highest BCUT2D eigenvalue weighted by Gasteiger charge is 2.06. The Hall–Kier alpha value is -1.87. The molecule has 2 rings (SSSR count). The number of hydrogen-bond donors (Lipinski definition) is 1. The molecule has 0 spiro atoms. The lowest BCUT2D eigenvalue weighted by Crippen LogP contribution is -2.05. The van der Waals surface area contributed by atoms with Crippen LogP contribution < -0.4 is 10.5 Å². The predicted octanol–water partition coefficient (Wildman–Crippen LogP) is 2.99. The second-order valence-electron chi connectivity index (χ2n) is 4.37. The van der Waals surface area contributed by atoms with Gasteiger partial charge in [-0.05, 0) is 45.0 Å². The van der Waals surface area contributed by atoms with Gasteiger partial charge in [-0.25, -0.2) is 4.98 Å². The van der Waals surface area contributed by atoms with Crippen LogP contribution in [-0.2, 0) is 6.42 Å². The van der Waals surface area contributed by atoms with E-state index in [0.29, 0.717) is 12.4 Å². The van der Waals surface area contributed by atoms with Crippen molar-refractivity contribution in [1.82, 2.24) is 4.98 Å². The third kappa shape index (κ3) is 3.08. The lowest BCUT2D eigenvalue weighted by Gasteiger charge is -2.10. The van der Waals surface area contributed by atoms with Crippen LogP contribution in [0.25, 0.3) is 0 Å². The predicted molar refractivity (Wildman–Crippen MR) is 73.0 cm³/mol. The summed E-state index contributed by atoms with van der Waals surface area (Å²) < 4.78 is 5.83. The topological polar surface area (TPSA) is 48.1 Å². The second-order valence-corrected chi connectivity index (χ2v) is 4.37. The molecule has 1 aromatic carbocycles. The number of aryl methyl sites for hydroxylation is 2. The molecule has 2 aromatic rings. The Morgan fingerprint density at radius 1 is 1.06 bits per heavy atom. The highest BCUT2D eigenvalue weighted by molar-refractivity contribution is 5.34. The summed E-state index contributed by atoms with van der Waals surface area (Å²) in [5.41, 5.74) is 8.79. The zero-order valence-electron chi connectivity index (χ0n) is 10.8. The molecular formula is C15H18N2O. The number of rotatable bonds is 4. The number of nitrogens with zero attached hydrogens (tertiary/aromatic N) is 1. The summed E-state index contributed by atoms with van der Waals surface area (Å²) in [5.74, 6) is 1.46. The van der Waals surface area contributed by atoms with Gasteiger partial charge in [0.15, 0.2) is 0 Å². The van der Waals surface area contributed by atoms with E-state index in [1.165, 1.54) is 5.56 Å². The molecule has 0 bridgehead atoms. The Kier molecular flexibility index (Phi) is 3.95. The minimum Gasteiger partial charge on any atom is -0.439 e. The van der Waals surface area contributed by atoms with Gasteiger partial charge in [-0.1, -0.05) is 23.8 Å². The maximum atomic E-state index is 5.83. The molecule has 0 saturated heterocycles. The quantitative estimate of drug-likeness (QED) is 0.896. The minimum atomic E-state index is 0.592. The molecule has 2 N–H and O–H groups in total. The van der Waals surface area contributed by atoms with Crippen LogP contribution >= 0.6 is 0 Å². The molecule has 0 fully saturated rings. The van der Waals surface area contributed by atoms with Crippen LogP contribution in [0.15, 0.2) is 36.4 Å². The van der Waals surface area contributed by atoms with Crippen molar-refractivity contribution in [3.8, 4) is 11.6 Å². The molecule has 0 saturated carbocycles. The Balaban J connectivity index is 2.26. The molecule has 94 valence electrons. The summed E-state index contributed by atoms with van der Waals surface area (Å²) in [5, 5.41) is 0. The van der Waals surface area contributed by atoms with Crippen molar-refractivity contribution in [2.75, 3.05) is 6.54 Å². The summed E-state index contributed by atoms with van der Waals surface area (Å²) in [6.45, 7) is 4.60. The van der Waals surface area contributed by atoms with Crippen molar-refractivity contribution >= 4 is 0 Å². The molecule has 0 aliphatic carbocycles. The van der Waals surface area contributed by atoms with Crippen molar-refractivity contribution in [2.24, 2.45) is 5.73 Å². The van der Waals surface area contributed by atoms with Gasteiger partial charge in [-0.3, -0.25) is 0 Å². The first-order chi connectivity index (χ1) is 8.69. The number of ether oxygens (including phenoxy) is 1. The van der Waals surface area contributed by atoms with Gasteiger partial charge in [-0.15, -0.1) is 0 Å². The van der Waals surface area contributed by atoms with E-state index >= 15 is 0 Å². The zero-order chi connectivity index (χ0) is 13.0. The number of hydrogen-bond acceptors (Lipinski definition) is 3. The van der Waals surface area contributed by atoms with Gasteiger partial charge in [0.05, 0.1) is 0 Å². The van der Waals surface area contributed by atoms with Gasteiger partial charge in [-0.2, -0.15) is 0 Å². The van der Waals surface area contributed by atoms with E-state index in [-0.39, 0.29) is 0 Å². The van der Waals surface area contributed by atoms with E-state index < -0.39 is 0 Å². The van der Waals surface area contributed by atoms with Crippen molar-refractivity contribution in [3.63, 3.8) is 0 Å². The standard InChI is InChI=1S/C15H18N2O/c1-11-3-7-14(8-4-11)18-15-13(9-10-16)6-5-12(2)17-15/h3-8H,9-10,16H2,1-2H3. The molecule has 3 heteroatoms. The summed E-state index contributed by atoms with van der Waals surface area (Å²) >= 11 is 0. The third-order valence-corrected chi connectivity index (χ3v) is 2.73. The van der Waals surface area contributed by atoms with E-state index in [0.717, 1.165) is 23.4 Å². The first kappa shape index (κ1) is 12.6. The fraction of sp³-hybridized carbons (Fsp3) is 0.267. The van der Waals surface area contributed by atoms with Crippen LogP contribution in [0.4, 0.5) is 0 Å². The number of pyridine rings is 1. The van der Waals surface area contributed by atoms with E-state index in [1.54, 1.807) is 0 Å². The second kappa shape index (κ2) is 5.65. The Morgan fingerprint density at radius 3 is 2.44 bits per heavy atom. The Labute approximate surface area is 108 Å². The number of benzene rings is 1. The van der Waals surface area contributed by atoms with Crippen LogP contribution in [0, 0.1) is 13.8 Å². The molecule has 0 unspecified atom stereocenters. The van der Waals surface area contributed by atoms with Crippen molar-refractivity contribution in [2.45, 2.75) is 20.3 Å². The summed E-state index contributed by atoms with van der Waals surface area (Å²) in [7, 11) is 0. The fourth-order valence-corrected chi connectivity index (χ4v) is 1.71. The zero-order valence-corrected chi connectivity index (χ0v) is 10.8. The molecule has 0 aliphatic heterocycles. The van der Waals surface area contributed by atoms with E-state index in [9.17, 15) is 0 Å². The van der Waals surface area contributed by atoms with E-state index in [2.05, 4.69) is 11.9 Å². The highest BCUT2D eigenvalue weighted by atomic mass is 16.5. The first-order valence-corrected chi connectivity index (χ1v) is 6.10. The first-order valence-electron chi connectivity index (χ1n) is 6.10. The monoisotopic (exact) mass is 242 g/mol. The average Bonchev–Trinajstić information content (AvgIpc) is 2.36. The van der Waals surface area contributed by atoms with Gasteiger partial charge >= 0.3 is 0 Å². The largest absolute Gasteiger partial charge is 0.439 e. The Bertz CT molecular complexity index is 521. The maximum Gasteiger partial charge on any atom is 0.222 e. The van der Waals surface area contributed by atoms with Gasteiger partial charge in [0.1, 0.15) is 5.75 Å². The third-order valence-electron chi connectivity index (χ3n) is 2.73. The average molecular weight is 242 g/mol. The SMILES string of the molecule is Cc1ccc(Oc2nc(C)ccc2CCN)cc1. The summed E-state index contributed by atoms with van der Waals surface area (Å²) in [6.07, 6.45) is 0.772. The molecule has 0 radical (unpaired) electrons. The van der Waals surface area contributed by atoms with Gasteiger partial charge in [0.25, 0.3) is 0 Å². The van der Waals surface area contributed by atoms with Crippen molar-refractivity contribution < 1.29 is 4.74 Å². The molecule has 3 nitrogen and oxygen atoms in total. The highest BCUT2D eigenvalue weighted by Crippen LogP contribution is 2.24. The number of aromatic nitrogens is 1. The molecule has 0 amide bonds. The summed E-state index contributed by atoms with van der Waals surface area (Å²) in [6, 6.07) is 11.9. The smallest absolute Gasteiger partial charge is 0.222 e. The Morgan fingerprint density at radius 2 is 1.78 bits per heavy atom. The molecular weight excluding hydrogens is 224 g/mol. The van der Waals surface area contributed by atoms with Crippen molar-refractivity contribution in [3.05, 3.63) is 53.2 Å². The maximum absolute atomic E-state index is 5.83. The number of nitrogens with two attached hydrogens (primary N) is 1. The van der Waals surface area contributed by atoms with Crippen molar-refractivity contribution in [1.29, 1.82) is 0 Å². The molecule has 0 aliphatic rings. The molecule has 1 heterocycles. The fourth-order valence-electron chi connectivity index (χ4n) is 1.71. The van der Waals surface area contributed by atoms with Crippen LogP contribution in [0.1, 0.15) is 16.8 Å². The molecule has 18 heavy (non-hydrogen) atoms. The van der Waals surface area contributed by atoms with Gasteiger partial charge < -0.3 is 10.5 Å². The van der Waals surface area contributed by atoms with E-state index in [4.69, 9.17) is 10.5 Å². The van der Waals surface area contributed by atoms with Crippen LogP contribution in [-0.4, -0.2) is 11.5 Å². The van der Waals surface area contributed by atoms with Crippen LogP contribution in [0.2, 0.25) is 0 Å². The molecule has 1 aromatic heterocycles. The summed E-state index contributed by atoms with van der Waals surface area (Å²) in [4.78, 5) is 4.43. The lowest BCUT2D eigenvalue weighted by atomic mass is 10.2. The van der Waals surface area contributed by atoms with Crippen LogP contribution in [0.3, 0.4) is 0 Å².